The quantitative estimate of drug-likeness (QED) is 0.660. The summed E-state index contributed by atoms with van der Waals surface area (Å²) < 4.78 is 4.76. The smallest absolute Gasteiger partial charge is 0.307 e. The lowest BCUT2D eigenvalue weighted by Gasteiger charge is -2.22. The number of esters is 1. The molecular weight excluding hydrogens is 208 g/mol. The monoisotopic (exact) mass is 228 g/mol. The van der Waals surface area contributed by atoms with Crippen molar-refractivity contribution < 1.29 is 14.3 Å². The second kappa shape index (κ2) is 7.22. The van der Waals surface area contributed by atoms with E-state index in [2.05, 4.69) is 10.6 Å². The molecular formula is C11H20N2O3. The van der Waals surface area contributed by atoms with Crippen LogP contribution in [0.4, 0.5) is 0 Å². The summed E-state index contributed by atoms with van der Waals surface area (Å²) in [5.74, 6) is -0.275. The van der Waals surface area contributed by atoms with E-state index in [1.54, 1.807) is 6.92 Å². The number of carbonyl (C=O) groups is 2. The Balaban J connectivity index is 2.12. The molecule has 0 aromatic heterocycles. The van der Waals surface area contributed by atoms with Crippen molar-refractivity contribution in [2.75, 3.05) is 19.7 Å². The van der Waals surface area contributed by atoms with Crippen LogP contribution < -0.4 is 10.6 Å². The summed E-state index contributed by atoms with van der Waals surface area (Å²) in [4.78, 5) is 22.6. The highest BCUT2D eigenvalue weighted by molar-refractivity contribution is 5.82. The van der Waals surface area contributed by atoms with E-state index in [0.29, 0.717) is 13.2 Å². The molecule has 0 aromatic rings. The Morgan fingerprint density at radius 2 is 2.25 bits per heavy atom. The highest BCUT2D eigenvalue weighted by Gasteiger charge is 2.19. The predicted octanol–water partition coefficient (Wildman–Crippen LogP) is 0.198. The number of amides is 1. The van der Waals surface area contributed by atoms with E-state index < -0.39 is 0 Å². The number of ether oxygens (including phenoxy) is 1. The Morgan fingerprint density at radius 3 is 2.88 bits per heavy atom. The van der Waals surface area contributed by atoms with Gasteiger partial charge in [0, 0.05) is 6.54 Å². The normalized spacial score (nSPS) is 20.2. The third kappa shape index (κ3) is 4.61. The molecule has 0 saturated carbocycles. The van der Waals surface area contributed by atoms with Crippen molar-refractivity contribution >= 4 is 11.9 Å². The minimum Gasteiger partial charge on any atom is -0.466 e. The van der Waals surface area contributed by atoms with Crippen molar-refractivity contribution in [3.63, 3.8) is 0 Å². The summed E-state index contributed by atoms with van der Waals surface area (Å²) in [5.41, 5.74) is 0. The van der Waals surface area contributed by atoms with Gasteiger partial charge in [0.1, 0.15) is 0 Å². The van der Waals surface area contributed by atoms with Gasteiger partial charge in [0.2, 0.25) is 5.91 Å². The van der Waals surface area contributed by atoms with Crippen molar-refractivity contribution in [1.29, 1.82) is 0 Å². The molecule has 2 N–H and O–H groups in total. The molecule has 0 aromatic carbocycles. The van der Waals surface area contributed by atoms with Gasteiger partial charge in [0.15, 0.2) is 0 Å². The maximum Gasteiger partial charge on any atom is 0.307 e. The Hall–Kier alpha value is -1.10. The maximum absolute atomic E-state index is 11.6. The van der Waals surface area contributed by atoms with Crippen LogP contribution in [-0.4, -0.2) is 37.6 Å². The maximum atomic E-state index is 11.6. The van der Waals surface area contributed by atoms with Crippen LogP contribution in [0, 0.1) is 0 Å². The molecule has 5 heteroatoms. The van der Waals surface area contributed by atoms with E-state index in [4.69, 9.17) is 4.74 Å². The lowest BCUT2D eigenvalue weighted by Crippen LogP contribution is -2.47. The molecule has 92 valence electrons. The largest absolute Gasteiger partial charge is 0.466 e. The molecule has 1 aliphatic rings. The second-order valence-electron chi connectivity index (χ2n) is 3.85. The number of nitrogens with one attached hydrogen (secondary N) is 2. The van der Waals surface area contributed by atoms with Crippen molar-refractivity contribution in [1.82, 2.24) is 10.6 Å². The van der Waals surface area contributed by atoms with E-state index in [9.17, 15) is 9.59 Å². The highest BCUT2D eigenvalue weighted by atomic mass is 16.5. The summed E-state index contributed by atoms with van der Waals surface area (Å²) >= 11 is 0. The van der Waals surface area contributed by atoms with Gasteiger partial charge < -0.3 is 15.4 Å². The van der Waals surface area contributed by atoms with Crippen LogP contribution in [0.25, 0.3) is 0 Å². The zero-order valence-electron chi connectivity index (χ0n) is 9.75. The highest BCUT2D eigenvalue weighted by Crippen LogP contribution is 2.06. The summed E-state index contributed by atoms with van der Waals surface area (Å²) in [6.07, 6.45) is 3.34. The lowest BCUT2D eigenvalue weighted by atomic mass is 10.0. The van der Waals surface area contributed by atoms with Crippen molar-refractivity contribution in [3.05, 3.63) is 0 Å². The minimum absolute atomic E-state index is 0.0102. The molecule has 0 spiro atoms. The average molecular weight is 228 g/mol. The Bertz CT molecular complexity index is 237. The summed E-state index contributed by atoms with van der Waals surface area (Å²) in [5, 5.41) is 5.89. The first-order chi connectivity index (χ1) is 7.74. The van der Waals surface area contributed by atoms with Crippen LogP contribution in [0.3, 0.4) is 0 Å². The van der Waals surface area contributed by atoms with Gasteiger partial charge in [-0.15, -0.1) is 0 Å². The Morgan fingerprint density at radius 1 is 1.44 bits per heavy atom. The number of hydrogen-bond donors (Lipinski definition) is 2. The second-order valence-corrected chi connectivity index (χ2v) is 3.85. The van der Waals surface area contributed by atoms with E-state index in [1.807, 2.05) is 0 Å². The predicted molar refractivity (Wildman–Crippen MR) is 59.9 cm³/mol. The van der Waals surface area contributed by atoms with Gasteiger partial charge in [0.05, 0.1) is 19.1 Å². The van der Waals surface area contributed by atoms with E-state index >= 15 is 0 Å². The van der Waals surface area contributed by atoms with Crippen LogP contribution in [0.15, 0.2) is 0 Å². The number of rotatable bonds is 5. The Kier molecular flexibility index (Phi) is 5.85. The Labute approximate surface area is 95.9 Å². The van der Waals surface area contributed by atoms with Crippen molar-refractivity contribution in [3.8, 4) is 0 Å². The van der Waals surface area contributed by atoms with Gasteiger partial charge in [-0.1, -0.05) is 6.42 Å². The van der Waals surface area contributed by atoms with Crippen LogP contribution in [0.5, 0.6) is 0 Å². The third-order valence-electron chi connectivity index (χ3n) is 2.56. The van der Waals surface area contributed by atoms with Crippen LogP contribution in [-0.2, 0) is 14.3 Å². The zero-order valence-corrected chi connectivity index (χ0v) is 9.75. The van der Waals surface area contributed by atoms with E-state index in [0.717, 1.165) is 25.8 Å². The fraction of sp³-hybridized carbons (Fsp3) is 0.818. The van der Waals surface area contributed by atoms with Gasteiger partial charge in [0.25, 0.3) is 0 Å². The lowest BCUT2D eigenvalue weighted by molar-refractivity contribution is -0.143. The molecule has 1 amide bonds. The third-order valence-corrected chi connectivity index (χ3v) is 2.56. The number of carbonyl (C=O) groups excluding carboxylic acids is 2. The van der Waals surface area contributed by atoms with Gasteiger partial charge in [-0.05, 0) is 26.3 Å². The molecule has 16 heavy (non-hydrogen) atoms. The van der Waals surface area contributed by atoms with Crippen LogP contribution in [0.2, 0.25) is 0 Å². The summed E-state index contributed by atoms with van der Waals surface area (Å²) in [6, 6.07) is -0.0871. The standard InChI is InChI=1S/C11H20N2O3/c1-2-16-10(14)6-8-13-11(15)9-5-3-4-7-12-9/h9,12H,2-8H2,1H3,(H,13,15). The summed E-state index contributed by atoms with van der Waals surface area (Å²) in [7, 11) is 0. The molecule has 1 atom stereocenters. The molecule has 5 nitrogen and oxygen atoms in total. The first-order valence-corrected chi connectivity index (χ1v) is 5.90. The molecule has 1 unspecified atom stereocenters. The summed E-state index contributed by atoms with van der Waals surface area (Å²) in [6.45, 7) is 3.41. The molecule has 1 saturated heterocycles. The molecule has 1 rings (SSSR count). The number of hydrogen-bond acceptors (Lipinski definition) is 4. The molecule has 1 aliphatic heterocycles. The molecule has 0 radical (unpaired) electrons. The van der Waals surface area contributed by atoms with Crippen molar-refractivity contribution in [2.45, 2.75) is 38.6 Å². The first-order valence-electron chi connectivity index (χ1n) is 5.90. The molecule has 0 aliphatic carbocycles. The van der Waals surface area contributed by atoms with Crippen molar-refractivity contribution in [2.24, 2.45) is 0 Å². The van der Waals surface area contributed by atoms with Gasteiger partial charge >= 0.3 is 5.97 Å². The van der Waals surface area contributed by atoms with Gasteiger partial charge in [-0.25, -0.2) is 0 Å². The van der Waals surface area contributed by atoms with Gasteiger partial charge in [-0.2, -0.15) is 0 Å². The zero-order chi connectivity index (χ0) is 11.8. The molecule has 1 fully saturated rings. The average Bonchev–Trinajstić information content (AvgIpc) is 2.30. The number of piperidine rings is 1. The molecule has 1 heterocycles. The fourth-order valence-electron chi connectivity index (χ4n) is 1.72. The van der Waals surface area contributed by atoms with E-state index in [-0.39, 0.29) is 24.3 Å². The first kappa shape index (κ1) is 13.0. The SMILES string of the molecule is CCOC(=O)CCNC(=O)C1CCCCN1. The minimum atomic E-state index is -0.264. The van der Waals surface area contributed by atoms with E-state index in [1.165, 1.54) is 0 Å². The van der Waals surface area contributed by atoms with Crippen LogP contribution in [0.1, 0.15) is 32.6 Å². The molecule has 0 bridgehead atoms. The van der Waals surface area contributed by atoms with Crippen LogP contribution >= 0.6 is 0 Å². The van der Waals surface area contributed by atoms with Gasteiger partial charge in [-0.3, -0.25) is 9.59 Å². The fourth-order valence-corrected chi connectivity index (χ4v) is 1.72. The topological polar surface area (TPSA) is 67.4 Å².